The van der Waals surface area contributed by atoms with E-state index in [0.29, 0.717) is 0 Å². The summed E-state index contributed by atoms with van der Waals surface area (Å²) in [6.07, 6.45) is 3.85. The molecule has 0 amide bonds. The van der Waals surface area contributed by atoms with Crippen molar-refractivity contribution in [2.45, 2.75) is 6.92 Å². The maximum Gasteiger partial charge on any atom is 0.116 e. The van der Waals surface area contributed by atoms with Crippen LogP contribution in [0.25, 0.3) is 22.2 Å². The van der Waals surface area contributed by atoms with Gasteiger partial charge in [-0.1, -0.05) is 18.9 Å². The highest BCUT2D eigenvalue weighted by Gasteiger charge is 2.07. The van der Waals surface area contributed by atoms with Gasteiger partial charge < -0.3 is 0 Å². The van der Waals surface area contributed by atoms with Crippen LogP contribution in [-0.2, 0) is 7.05 Å². The average Bonchev–Trinajstić information content (AvgIpc) is 2.85. The molecule has 0 fully saturated rings. The monoisotopic (exact) mass is 244 g/mol. The second-order valence-corrected chi connectivity index (χ2v) is 4.48. The maximum atomic E-state index is 4.42. The molecule has 0 saturated heterocycles. The second-order valence-electron chi connectivity index (χ2n) is 4.08. The van der Waals surface area contributed by atoms with Gasteiger partial charge in [-0.05, 0) is 24.6 Å². The second kappa shape index (κ2) is 3.63. The number of hydrogen-bond donors (Lipinski definition) is 1. The lowest BCUT2D eigenvalue weighted by Crippen LogP contribution is -1.84. The van der Waals surface area contributed by atoms with Crippen molar-refractivity contribution >= 4 is 23.8 Å². The van der Waals surface area contributed by atoms with Crippen molar-refractivity contribution in [2.24, 2.45) is 7.05 Å². The van der Waals surface area contributed by atoms with Crippen LogP contribution in [0.2, 0.25) is 0 Å². The van der Waals surface area contributed by atoms with Crippen molar-refractivity contribution in [2.75, 3.05) is 0 Å². The summed E-state index contributed by atoms with van der Waals surface area (Å²) in [4.78, 5) is 4.42. The zero-order valence-corrected chi connectivity index (χ0v) is 10.5. The van der Waals surface area contributed by atoms with Gasteiger partial charge in [0.05, 0.1) is 17.2 Å². The Morgan fingerprint density at radius 2 is 2.06 bits per heavy atom. The Bertz CT molecular complexity index is 696. The molecule has 0 N–H and O–H groups in total. The number of rotatable bonds is 1. The molecule has 17 heavy (non-hydrogen) atoms. The third-order valence-electron chi connectivity index (χ3n) is 2.83. The summed E-state index contributed by atoms with van der Waals surface area (Å²) in [7, 11) is 1.91. The van der Waals surface area contributed by atoms with Gasteiger partial charge in [-0.2, -0.15) is 5.10 Å². The molecule has 0 aliphatic carbocycles. The number of aryl methyl sites for hydroxylation is 2. The molecule has 2 heterocycles. The molecule has 3 aromatic rings. The van der Waals surface area contributed by atoms with Gasteiger partial charge in [0.2, 0.25) is 0 Å². The van der Waals surface area contributed by atoms with Crippen molar-refractivity contribution in [1.82, 2.24) is 18.7 Å². The average molecular weight is 244 g/mol. The lowest BCUT2D eigenvalue weighted by atomic mass is 10.1. The van der Waals surface area contributed by atoms with Crippen LogP contribution in [0.5, 0.6) is 0 Å². The Morgan fingerprint density at radius 3 is 2.76 bits per heavy atom. The van der Waals surface area contributed by atoms with Gasteiger partial charge in [0.15, 0.2) is 0 Å². The highest BCUT2D eigenvalue weighted by molar-refractivity contribution is 7.78. The quantitative estimate of drug-likeness (QED) is 0.667. The minimum absolute atomic E-state index is 0.895. The van der Waals surface area contributed by atoms with Gasteiger partial charge in [-0.25, -0.2) is 4.98 Å². The molecule has 0 atom stereocenters. The van der Waals surface area contributed by atoms with E-state index in [-0.39, 0.29) is 0 Å². The van der Waals surface area contributed by atoms with Crippen LogP contribution in [0, 0.1) is 6.92 Å². The summed E-state index contributed by atoms with van der Waals surface area (Å²) in [6.45, 7) is 1.94. The number of fused-ring (bicyclic) bond motifs is 1. The van der Waals surface area contributed by atoms with Crippen molar-refractivity contribution in [3.63, 3.8) is 0 Å². The van der Waals surface area contributed by atoms with E-state index < -0.39 is 0 Å². The Labute approximate surface area is 104 Å². The fourth-order valence-corrected chi connectivity index (χ4v) is 2.14. The molecule has 3 rings (SSSR count). The third-order valence-corrected chi connectivity index (χ3v) is 3.34. The van der Waals surface area contributed by atoms with Crippen LogP contribution in [0.3, 0.4) is 0 Å². The van der Waals surface area contributed by atoms with Crippen LogP contribution >= 0.6 is 12.8 Å². The van der Waals surface area contributed by atoms with E-state index in [0.717, 1.165) is 28.0 Å². The molecule has 0 radical (unpaired) electrons. The van der Waals surface area contributed by atoms with E-state index in [2.05, 4.69) is 35.0 Å². The number of aromatic nitrogens is 4. The SMILES string of the molecule is Cc1nc2ccc(-c3cnn(C)c3)cc2n1S. The van der Waals surface area contributed by atoms with Crippen LogP contribution in [-0.4, -0.2) is 18.7 Å². The number of benzene rings is 1. The van der Waals surface area contributed by atoms with Gasteiger partial charge in [0, 0.05) is 18.8 Å². The summed E-state index contributed by atoms with van der Waals surface area (Å²) in [5.41, 5.74) is 4.21. The van der Waals surface area contributed by atoms with E-state index in [9.17, 15) is 0 Å². The first-order valence-electron chi connectivity index (χ1n) is 5.32. The summed E-state index contributed by atoms with van der Waals surface area (Å²) < 4.78 is 3.60. The first-order chi connectivity index (χ1) is 8.15. The first-order valence-corrected chi connectivity index (χ1v) is 5.72. The predicted molar refractivity (Wildman–Crippen MR) is 71.1 cm³/mol. The van der Waals surface area contributed by atoms with Crippen LogP contribution in [0.1, 0.15) is 5.82 Å². The van der Waals surface area contributed by atoms with E-state index >= 15 is 0 Å². The van der Waals surface area contributed by atoms with E-state index in [1.54, 1.807) is 8.65 Å². The molecular weight excluding hydrogens is 232 g/mol. The Kier molecular flexibility index (Phi) is 2.22. The fourth-order valence-electron chi connectivity index (χ4n) is 1.93. The number of thiol groups is 1. The Morgan fingerprint density at radius 1 is 1.24 bits per heavy atom. The molecule has 0 aliphatic rings. The molecule has 4 nitrogen and oxygen atoms in total. The van der Waals surface area contributed by atoms with E-state index in [4.69, 9.17) is 0 Å². The normalized spacial score (nSPS) is 11.2. The van der Waals surface area contributed by atoms with Gasteiger partial charge in [0.1, 0.15) is 5.82 Å². The third kappa shape index (κ3) is 1.63. The predicted octanol–water partition coefficient (Wildman–Crippen LogP) is 2.44. The lowest BCUT2D eigenvalue weighted by Gasteiger charge is -1.99. The standard InChI is InChI=1S/C12H12N4S/c1-8-14-11-4-3-9(5-12(11)16(8)17)10-6-13-15(2)7-10/h3-7,17H,1-2H3. The minimum Gasteiger partial charge on any atom is -0.275 e. The van der Waals surface area contributed by atoms with Crippen LogP contribution in [0.15, 0.2) is 30.6 Å². The Balaban J connectivity index is 2.22. The lowest BCUT2D eigenvalue weighted by molar-refractivity contribution is 0.768. The number of nitrogens with zero attached hydrogens (tertiary/aromatic N) is 4. The summed E-state index contributed by atoms with van der Waals surface area (Å²) >= 11 is 4.41. The van der Waals surface area contributed by atoms with Crippen molar-refractivity contribution in [3.05, 3.63) is 36.4 Å². The highest BCUT2D eigenvalue weighted by atomic mass is 32.1. The molecule has 0 aliphatic heterocycles. The van der Waals surface area contributed by atoms with E-state index in [1.807, 2.05) is 32.4 Å². The zero-order chi connectivity index (χ0) is 12.0. The maximum absolute atomic E-state index is 4.42. The molecule has 0 saturated carbocycles. The largest absolute Gasteiger partial charge is 0.275 e. The van der Waals surface area contributed by atoms with Gasteiger partial charge >= 0.3 is 0 Å². The smallest absolute Gasteiger partial charge is 0.116 e. The fraction of sp³-hybridized carbons (Fsp3) is 0.167. The molecule has 5 heteroatoms. The first kappa shape index (κ1) is 10.4. The minimum atomic E-state index is 0.895. The molecule has 1 aromatic carbocycles. The van der Waals surface area contributed by atoms with Crippen molar-refractivity contribution in [1.29, 1.82) is 0 Å². The molecular formula is C12H12N4S. The molecule has 0 spiro atoms. The van der Waals surface area contributed by atoms with Crippen molar-refractivity contribution < 1.29 is 0 Å². The van der Waals surface area contributed by atoms with Gasteiger partial charge in [0.25, 0.3) is 0 Å². The summed E-state index contributed by atoms with van der Waals surface area (Å²) in [5.74, 6) is 0.895. The molecule has 86 valence electrons. The van der Waals surface area contributed by atoms with Gasteiger partial charge in [-0.3, -0.25) is 8.65 Å². The van der Waals surface area contributed by atoms with Crippen molar-refractivity contribution in [3.8, 4) is 11.1 Å². The number of hydrogen-bond acceptors (Lipinski definition) is 3. The van der Waals surface area contributed by atoms with Crippen LogP contribution in [0.4, 0.5) is 0 Å². The summed E-state index contributed by atoms with van der Waals surface area (Å²) in [5, 5.41) is 4.18. The summed E-state index contributed by atoms with van der Waals surface area (Å²) in [6, 6.07) is 6.15. The molecule has 0 bridgehead atoms. The highest BCUT2D eigenvalue weighted by Crippen LogP contribution is 2.25. The molecule has 0 unspecified atom stereocenters. The number of imidazole rings is 1. The topological polar surface area (TPSA) is 35.6 Å². The van der Waals surface area contributed by atoms with E-state index in [1.165, 1.54) is 0 Å². The zero-order valence-electron chi connectivity index (χ0n) is 9.62. The Hall–Kier alpha value is -1.75. The van der Waals surface area contributed by atoms with Crippen LogP contribution < -0.4 is 0 Å². The molecule has 2 aromatic heterocycles. The van der Waals surface area contributed by atoms with Gasteiger partial charge in [-0.15, -0.1) is 0 Å².